The van der Waals surface area contributed by atoms with Crippen molar-refractivity contribution in [3.8, 4) is 11.6 Å². The first-order valence-corrected chi connectivity index (χ1v) is 9.60. The van der Waals surface area contributed by atoms with Crippen molar-refractivity contribution >= 4 is 23.4 Å². The Bertz CT molecular complexity index is 1380. The summed E-state index contributed by atoms with van der Waals surface area (Å²) in [6.45, 7) is 5.49. The van der Waals surface area contributed by atoms with E-state index in [1.165, 1.54) is 11.1 Å². The molecule has 3 aromatic rings. The highest BCUT2D eigenvalue weighted by atomic mass is 16.3. The van der Waals surface area contributed by atoms with Gasteiger partial charge in [-0.25, -0.2) is 9.36 Å². The van der Waals surface area contributed by atoms with Gasteiger partial charge < -0.3 is 5.11 Å². The number of aromatic hydroxyl groups is 1. The SMILES string of the molecule is CC1=NN(c2ccc(C)cc2C)C(=O)/C1=C/c1c(O)n(-c2ccccc2)c(=O)[nH]c1=O. The topological polar surface area (TPSA) is 108 Å². The summed E-state index contributed by atoms with van der Waals surface area (Å²) in [7, 11) is 0. The van der Waals surface area contributed by atoms with Crippen molar-refractivity contribution < 1.29 is 9.90 Å². The number of hydrogen-bond acceptors (Lipinski definition) is 5. The van der Waals surface area contributed by atoms with E-state index in [4.69, 9.17) is 0 Å². The van der Waals surface area contributed by atoms with Gasteiger partial charge in [-0.2, -0.15) is 10.1 Å². The maximum Gasteiger partial charge on any atom is 0.335 e. The predicted octanol–water partition coefficient (Wildman–Crippen LogP) is 2.65. The number of carbonyl (C=O) groups is 1. The number of aromatic nitrogens is 2. The molecule has 0 saturated heterocycles. The molecule has 31 heavy (non-hydrogen) atoms. The highest BCUT2D eigenvalue weighted by Gasteiger charge is 2.30. The number of aryl methyl sites for hydroxylation is 2. The third kappa shape index (κ3) is 3.48. The predicted molar refractivity (Wildman–Crippen MR) is 119 cm³/mol. The molecule has 0 unspecified atom stereocenters. The maximum absolute atomic E-state index is 13.1. The van der Waals surface area contributed by atoms with Crippen LogP contribution in [-0.4, -0.2) is 26.3 Å². The van der Waals surface area contributed by atoms with Crippen molar-refractivity contribution in [3.63, 3.8) is 0 Å². The van der Waals surface area contributed by atoms with Crippen molar-refractivity contribution in [1.29, 1.82) is 0 Å². The molecule has 0 spiro atoms. The summed E-state index contributed by atoms with van der Waals surface area (Å²) in [5.74, 6) is -0.987. The largest absolute Gasteiger partial charge is 0.494 e. The minimum atomic E-state index is -0.798. The summed E-state index contributed by atoms with van der Waals surface area (Å²) in [6, 6.07) is 14.0. The number of aromatic amines is 1. The van der Waals surface area contributed by atoms with E-state index in [0.717, 1.165) is 15.7 Å². The highest BCUT2D eigenvalue weighted by Crippen LogP contribution is 2.29. The van der Waals surface area contributed by atoms with Crippen LogP contribution < -0.4 is 16.3 Å². The number of benzene rings is 2. The number of nitrogens with one attached hydrogen (secondary N) is 1. The van der Waals surface area contributed by atoms with Gasteiger partial charge in [0, 0.05) is 0 Å². The van der Waals surface area contributed by atoms with E-state index in [0.29, 0.717) is 17.1 Å². The van der Waals surface area contributed by atoms with Crippen molar-refractivity contribution in [2.75, 3.05) is 5.01 Å². The number of amides is 1. The number of carbonyl (C=O) groups excluding carboxylic acids is 1. The zero-order valence-electron chi connectivity index (χ0n) is 17.2. The van der Waals surface area contributed by atoms with Crippen LogP contribution >= 0.6 is 0 Å². The van der Waals surface area contributed by atoms with Gasteiger partial charge in [-0.05, 0) is 50.6 Å². The van der Waals surface area contributed by atoms with Crippen LogP contribution in [0.4, 0.5) is 5.69 Å². The van der Waals surface area contributed by atoms with E-state index in [1.807, 2.05) is 32.0 Å². The monoisotopic (exact) mass is 416 g/mol. The fourth-order valence-electron chi connectivity index (χ4n) is 3.52. The first-order valence-electron chi connectivity index (χ1n) is 9.60. The summed E-state index contributed by atoms with van der Waals surface area (Å²) in [5, 5.41) is 16.3. The third-order valence-corrected chi connectivity index (χ3v) is 5.07. The second kappa shape index (κ2) is 7.56. The molecular weight excluding hydrogens is 396 g/mol. The summed E-state index contributed by atoms with van der Waals surface area (Å²) >= 11 is 0. The van der Waals surface area contributed by atoms with Crippen LogP contribution in [0.15, 0.2) is 68.8 Å². The maximum atomic E-state index is 13.1. The second-order valence-corrected chi connectivity index (χ2v) is 7.32. The van der Waals surface area contributed by atoms with E-state index >= 15 is 0 Å². The van der Waals surface area contributed by atoms with Crippen molar-refractivity contribution in [2.45, 2.75) is 20.8 Å². The van der Waals surface area contributed by atoms with Crippen molar-refractivity contribution in [3.05, 3.63) is 91.6 Å². The molecule has 4 rings (SSSR count). The van der Waals surface area contributed by atoms with Crippen LogP contribution in [-0.2, 0) is 4.79 Å². The Hall–Kier alpha value is -4.20. The van der Waals surface area contributed by atoms with Gasteiger partial charge in [0.15, 0.2) is 0 Å². The lowest BCUT2D eigenvalue weighted by molar-refractivity contribution is -0.114. The average Bonchev–Trinajstić information content (AvgIpc) is 2.99. The Morgan fingerprint density at radius 1 is 1.00 bits per heavy atom. The van der Waals surface area contributed by atoms with E-state index in [2.05, 4.69) is 10.1 Å². The van der Waals surface area contributed by atoms with Gasteiger partial charge in [-0.3, -0.25) is 14.6 Å². The first-order chi connectivity index (χ1) is 14.8. The lowest BCUT2D eigenvalue weighted by atomic mass is 10.1. The minimum Gasteiger partial charge on any atom is -0.494 e. The molecule has 0 aliphatic carbocycles. The van der Waals surface area contributed by atoms with Gasteiger partial charge in [-0.1, -0.05) is 35.9 Å². The molecule has 2 N–H and O–H groups in total. The third-order valence-electron chi connectivity index (χ3n) is 5.07. The van der Waals surface area contributed by atoms with Crippen LogP contribution in [0, 0.1) is 13.8 Å². The van der Waals surface area contributed by atoms with Crippen LogP contribution in [0.25, 0.3) is 11.8 Å². The van der Waals surface area contributed by atoms with Gasteiger partial charge in [-0.15, -0.1) is 0 Å². The van der Waals surface area contributed by atoms with Crippen LogP contribution in [0.2, 0.25) is 0 Å². The molecule has 0 bridgehead atoms. The summed E-state index contributed by atoms with van der Waals surface area (Å²) in [6.07, 6.45) is 1.26. The van der Waals surface area contributed by atoms with Gasteiger partial charge in [0.2, 0.25) is 5.88 Å². The molecule has 1 amide bonds. The fraction of sp³-hybridized carbons (Fsp3) is 0.130. The van der Waals surface area contributed by atoms with Gasteiger partial charge in [0.25, 0.3) is 11.5 Å². The molecular formula is C23H20N4O4. The first kappa shape index (κ1) is 20.1. The number of hydrazone groups is 1. The molecule has 1 aliphatic rings. The Kier molecular flexibility index (Phi) is 4.90. The number of rotatable bonds is 3. The second-order valence-electron chi connectivity index (χ2n) is 7.32. The molecule has 8 nitrogen and oxygen atoms in total. The number of hydrogen-bond donors (Lipinski definition) is 2. The van der Waals surface area contributed by atoms with E-state index in [-0.39, 0.29) is 11.1 Å². The quantitative estimate of drug-likeness (QED) is 0.640. The molecule has 2 aromatic carbocycles. The van der Waals surface area contributed by atoms with Gasteiger partial charge in [0.1, 0.15) is 5.56 Å². The van der Waals surface area contributed by atoms with Crippen molar-refractivity contribution in [2.24, 2.45) is 5.10 Å². The summed E-state index contributed by atoms with van der Waals surface area (Å²) in [4.78, 5) is 40.0. The van der Waals surface area contributed by atoms with Crippen LogP contribution in [0.5, 0.6) is 5.88 Å². The highest BCUT2D eigenvalue weighted by molar-refractivity contribution is 6.32. The summed E-state index contributed by atoms with van der Waals surface area (Å²) < 4.78 is 0.974. The number of anilines is 1. The zero-order valence-corrected chi connectivity index (χ0v) is 17.2. The average molecular weight is 416 g/mol. The molecule has 1 aromatic heterocycles. The van der Waals surface area contributed by atoms with E-state index in [1.54, 1.807) is 37.3 Å². The minimum absolute atomic E-state index is 0.152. The molecule has 0 atom stereocenters. The lowest BCUT2D eigenvalue weighted by Crippen LogP contribution is -2.30. The van der Waals surface area contributed by atoms with Crippen molar-refractivity contribution in [1.82, 2.24) is 9.55 Å². The van der Waals surface area contributed by atoms with E-state index in [9.17, 15) is 19.5 Å². The van der Waals surface area contributed by atoms with Gasteiger partial charge >= 0.3 is 5.69 Å². The number of H-pyrrole nitrogens is 1. The Morgan fingerprint density at radius 3 is 2.39 bits per heavy atom. The molecule has 8 heteroatoms. The molecule has 0 saturated carbocycles. The van der Waals surface area contributed by atoms with Crippen LogP contribution in [0.1, 0.15) is 23.6 Å². The summed E-state index contributed by atoms with van der Waals surface area (Å²) in [5.41, 5.74) is 1.70. The van der Waals surface area contributed by atoms with E-state index < -0.39 is 23.0 Å². The zero-order chi connectivity index (χ0) is 22.3. The number of nitrogens with zero attached hydrogens (tertiary/aromatic N) is 3. The molecule has 0 radical (unpaired) electrons. The Morgan fingerprint density at radius 2 is 1.71 bits per heavy atom. The Balaban J connectivity index is 1.83. The smallest absolute Gasteiger partial charge is 0.335 e. The standard InChI is InChI=1S/C23H20N4O4/c1-13-9-10-19(14(2)11-13)27-22(30)17(15(3)25-27)12-18-20(28)24-23(31)26(21(18)29)16-7-5-4-6-8-16/h4-12,29H,1-3H3,(H,24,28,31)/b17-12+. The molecule has 156 valence electrons. The molecule has 0 fully saturated rings. The Labute approximate surface area is 177 Å². The lowest BCUT2D eigenvalue weighted by Gasteiger charge is -2.15. The van der Waals surface area contributed by atoms with Gasteiger partial charge in [0.05, 0.1) is 22.7 Å². The number of para-hydroxylation sites is 1. The molecule has 2 heterocycles. The normalized spacial score (nSPS) is 14.9. The van der Waals surface area contributed by atoms with Crippen LogP contribution in [0.3, 0.4) is 0 Å². The fourth-order valence-corrected chi connectivity index (χ4v) is 3.52. The molecule has 1 aliphatic heterocycles.